The summed E-state index contributed by atoms with van der Waals surface area (Å²) in [5, 5.41) is 16.6. The molecule has 1 aliphatic heterocycles. The number of hydrogen-bond donors (Lipinski definition) is 0. The SMILES string of the molecule is O=C(CSc1nc(C2CC2)n(-c2ccccc2)n1)N1CCN(c2ccccc2[N+](=O)[O-])CC1. The van der Waals surface area contributed by atoms with Crippen molar-refractivity contribution in [2.24, 2.45) is 0 Å². The summed E-state index contributed by atoms with van der Waals surface area (Å²) < 4.78 is 1.90. The first-order chi connectivity index (χ1) is 16.1. The molecule has 2 aromatic carbocycles. The largest absolute Gasteiger partial charge is 0.362 e. The third-order valence-corrected chi connectivity index (χ3v) is 6.75. The van der Waals surface area contributed by atoms with E-state index in [1.807, 2.05) is 44.8 Å². The first-order valence-corrected chi connectivity index (χ1v) is 12.0. The van der Waals surface area contributed by atoms with E-state index in [4.69, 9.17) is 4.98 Å². The zero-order chi connectivity index (χ0) is 22.8. The van der Waals surface area contributed by atoms with Gasteiger partial charge in [-0.1, -0.05) is 42.1 Å². The van der Waals surface area contributed by atoms with Gasteiger partial charge in [-0.3, -0.25) is 14.9 Å². The van der Waals surface area contributed by atoms with E-state index >= 15 is 0 Å². The number of anilines is 1. The van der Waals surface area contributed by atoms with Gasteiger partial charge in [0.05, 0.1) is 16.4 Å². The van der Waals surface area contributed by atoms with Crippen LogP contribution in [0, 0.1) is 10.1 Å². The molecule has 170 valence electrons. The van der Waals surface area contributed by atoms with Crippen LogP contribution in [-0.4, -0.2) is 62.4 Å². The van der Waals surface area contributed by atoms with Gasteiger partial charge < -0.3 is 9.80 Å². The molecule has 0 bridgehead atoms. The molecule has 0 atom stereocenters. The number of rotatable bonds is 7. The van der Waals surface area contributed by atoms with Crippen molar-refractivity contribution in [2.45, 2.75) is 23.9 Å². The molecule has 0 spiro atoms. The van der Waals surface area contributed by atoms with E-state index < -0.39 is 0 Å². The quantitative estimate of drug-likeness (QED) is 0.300. The first-order valence-electron chi connectivity index (χ1n) is 11.0. The Bertz CT molecular complexity index is 1160. The Balaban J connectivity index is 1.20. The van der Waals surface area contributed by atoms with Gasteiger partial charge in [-0.2, -0.15) is 0 Å². The van der Waals surface area contributed by atoms with Gasteiger partial charge in [0.25, 0.3) is 5.69 Å². The van der Waals surface area contributed by atoms with Crippen LogP contribution in [0.5, 0.6) is 0 Å². The Labute approximate surface area is 195 Å². The van der Waals surface area contributed by atoms with Crippen LogP contribution in [0.15, 0.2) is 59.8 Å². The van der Waals surface area contributed by atoms with E-state index in [2.05, 4.69) is 5.10 Å². The lowest BCUT2D eigenvalue weighted by Crippen LogP contribution is -2.49. The van der Waals surface area contributed by atoms with Crippen molar-refractivity contribution in [3.05, 3.63) is 70.5 Å². The maximum absolute atomic E-state index is 12.8. The molecule has 1 saturated heterocycles. The number of amides is 1. The molecule has 3 aromatic rings. The minimum atomic E-state index is -0.360. The number of piperazine rings is 1. The van der Waals surface area contributed by atoms with Crippen LogP contribution in [0.4, 0.5) is 11.4 Å². The zero-order valence-corrected chi connectivity index (χ0v) is 18.9. The molecule has 2 fully saturated rings. The number of nitro groups is 1. The fourth-order valence-corrected chi connectivity index (χ4v) is 4.76. The lowest BCUT2D eigenvalue weighted by Gasteiger charge is -2.35. The van der Waals surface area contributed by atoms with Gasteiger partial charge in [-0.25, -0.2) is 9.67 Å². The molecule has 9 nitrogen and oxygen atoms in total. The first kappa shape index (κ1) is 21.4. The van der Waals surface area contributed by atoms with Crippen LogP contribution in [0.3, 0.4) is 0 Å². The standard InChI is InChI=1S/C23H24N6O3S/c30-21(27-14-12-26(13-15-27)19-8-4-5-9-20(19)29(31)32)16-33-23-24-22(17-10-11-17)28(25-23)18-6-2-1-3-7-18/h1-9,17H,10-16H2. The van der Waals surface area contributed by atoms with Gasteiger partial charge in [0.15, 0.2) is 0 Å². The average molecular weight is 465 g/mol. The van der Waals surface area contributed by atoms with Crippen LogP contribution in [0.1, 0.15) is 24.6 Å². The number of carbonyl (C=O) groups excluding carboxylic acids is 1. The molecule has 2 heterocycles. The van der Waals surface area contributed by atoms with Crippen LogP contribution >= 0.6 is 11.8 Å². The molecule has 1 saturated carbocycles. The molecule has 1 aliphatic carbocycles. The van der Waals surface area contributed by atoms with E-state index in [0.29, 0.717) is 42.9 Å². The average Bonchev–Trinajstić information content (AvgIpc) is 3.62. The van der Waals surface area contributed by atoms with E-state index in [1.54, 1.807) is 18.2 Å². The van der Waals surface area contributed by atoms with Gasteiger partial charge >= 0.3 is 0 Å². The maximum Gasteiger partial charge on any atom is 0.292 e. The molecule has 2 aliphatic rings. The number of para-hydroxylation sites is 3. The summed E-state index contributed by atoms with van der Waals surface area (Å²) in [7, 11) is 0. The lowest BCUT2D eigenvalue weighted by molar-refractivity contribution is -0.384. The minimum absolute atomic E-state index is 0.0336. The van der Waals surface area contributed by atoms with Crippen LogP contribution in [0.25, 0.3) is 5.69 Å². The monoisotopic (exact) mass is 464 g/mol. The summed E-state index contributed by atoms with van der Waals surface area (Å²) >= 11 is 1.36. The molecule has 10 heteroatoms. The van der Waals surface area contributed by atoms with Gasteiger partial charge in [0.1, 0.15) is 11.5 Å². The van der Waals surface area contributed by atoms with Crippen molar-refractivity contribution in [1.82, 2.24) is 19.7 Å². The highest BCUT2D eigenvalue weighted by Crippen LogP contribution is 2.40. The predicted octanol–water partition coefficient (Wildman–Crippen LogP) is 3.49. The maximum atomic E-state index is 12.8. The fourth-order valence-electron chi connectivity index (χ4n) is 4.03. The Kier molecular flexibility index (Phi) is 5.99. The van der Waals surface area contributed by atoms with Crippen LogP contribution in [0.2, 0.25) is 0 Å². The third kappa shape index (κ3) is 4.70. The molecule has 1 amide bonds. The number of aromatic nitrogens is 3. The molecule has 5 rings (SSSR count). The number of thioether (sulfide) groups is 1. The van der Waals surface area contributed by atoms with Crippen LogP contribution in [-0.2, 0) is 4.79 Å². The molecular formula is C23H24N6O3S. The minimum Gasteiger partial charge on any atom is -0.362 e. The van der Waals surface area contributed by atoms with Crippen molar-refractivity contribution >= 4 is 29.0 Å². The third-order valence-electron chi connectivity index (χ3n) is 5.93. The summed E-state index contributed by atoms with van der Waals surface area (Å²) in [6.07, 6.45) is 2.25. The van der Waals surface area contributed by atoms with E-state index in [9.17, 15) is 14.9 Å². The molecule has 0 unspecified atom stereocenters. The van der Waals surface area contributed by atoms with Gasteiger partial charge in [-0.15, -0.1) is 5.10 Å². The summed E-state index contributed by atoms with van der Waals surface area (Å²) in [5.74, 6) is 1.72. The van der Waals surface area contributed by atoms with Crippen molar-refractivity contribution in [2.75, 3.05) is 36.8 Å². The summed E-state index contributed by atoms with van der Waals surface area (Å²) in [6.45, 7) is 2.19. The Morgan fingerprint density at radius 2 is 1.73 bits per heavy atom. The predicted molar refractivity (Wildman–Crippen MR) is 126 cm³/mol. The number of nitro benzene ring substituents is 1. The summed E-state index contributed by atoms with van der Waals surface area (Å²) in [5.41, 5.74) is 1.68. The van der Waals surface area contributed by atoms with E-state index in [0.717, 1.165) is 24.4 Å². The second kappa shape index (κ2) is 9.22. The number of carbonyl (C=O) groups is 1. The topological polar surface area (TPSA) is 97.4 Å². The summed E-state index contributed by atoms with van der Waals surface area (Å²) in [6, 6.07) is 16.7. The molecule has 0 N–H and O–H groups in total. The Morgan fingerprint density at radius 1 is 1.03 bits per heavy atom. The number of hydrogen-bond acceptors (Lipinski definition) is 7. The van der Waals surface area contributed by atoms with Crippen molar-refractivity contribution in [1.29, 1.82) is 0 Å². The molecule has 33 heavy (non-hydrogen) atoms. The normalized spacial score (nSPS) is 16.1. The van der Waals surface area contributed by atoms with Gasteiger partial charge in [0.2, 0.25) is 11.1 Å². The molecular weight excluding hydrogens is 440 g/mol. The number of benzene rings is 2. The van der Waals surface area contributed by atoms with E-state index in [-0.39, 0.29) is 22.3 Å². The highest BCUT2D eigenvalue weighted by atomic mass is 32.2. The molecule has 1 aromatic heterocycles. The summed E-state index contributed by atoms with van der Waals surface area (Å²) in [4.78, 5) is 32.3. The van der Waals surface area contributed by atoms with Crippen molar-refractivity contribution < 1.29 is 9.72 Å². The fraction of sp³-hybridized carbons (Fsp3) is 0.348. The number of nitrogens with zero attached hydrogens (tertiary/aromatic N) is 6. The highest BCUT2D eigenvalue weighted by molar-refractivity contribution is 7.99. The van der Waals surface area contributed by atoms with Crippen LogP contribution < -0.4 is 4.90 Å². The lowest BCUT2D eigenvalue weighted by atomic mass is 10.2. The van der Waals surface area contributed by atoms with E-state index in [1.165, 1.54) is 17.8 Å². The van der Waals surface area contributed by atoms with Gasteiger partial charge in [0, 0.05) is 38.2 Å². The van der Waals surface area contributed by atoms with Gasteiger partial charge in [-0.05, 0) is 31.0 Å². The highest BCUT2D eigenvalue weighted by Gasteiger charge is 2.31. The Hall–Kier alpha value is -3.40. The second-order valence-corrected chi connectivity index (χ2v) is 9.12. The van der Waals surface area contributed by atoms with Crippen molar-refractivity contribution in [3.8, 4) is 5.69 Å². The Morgan fingerprint density at radius 3 is 2.42 bits per heavy atom. The molecule has 0 radical (unpaired) electrons. The van der Waals surface area contributed by atoms with Crippen molar-refractivity contribution in [3.63, 3.8) is 0 Å². The zero-order valence-electron chi connectivity index (χ0n) is 18.0. The second-order valence-electron chi connectivity index (χ2n) is 8.18. The smallest absolute Gasteiger partial charge is 0.292 e.